The van der Waals surface area contributed by atoms with Gasteiger partial charge in [-0.3, -0.25) is 10.1 Å². The molecule has 0 fully saturated rings. The monoisotopic (exact) mass is 454 g/mol. The van der Waals surface area contributed by atoms with Crippen molar-refractivity contribution in [2.45, 2.75) is 19.6 Å². The van der Waals surface area contributed by atoms with Gasteiger partial charge in [-0.2, -0.15) is 0 Å². The van der Waals surface area contributed by atoms with Crippen LogP contribution in [0.25, 0.3) is 0 Å². The molecule has 0 saturated carbocycles. The molecule has 1 amide bonds. The molecule has 1 aliphatic rings. The summed E-state index contributed by atoms with van der Waals surface area (Å²) in [4.78, 5) is 12.5. The van der Waals surface area contributed by atoms with E-state index in [1.807, 2.05) is 12.1 Å². The lowest BCUT2D eigenvalue weighted by Crippen LogP contribution is -2.24. The van der Waals surface area contributed by atoms with Gasteiger partial charge in [0.15, 0.2) is 5.01 Å². The molecule has 2 N–H and O–H groups in total. The molecular weight excluding hydrogens is 438 g/mol. The number of aromatic nitrogens is 2. The first-order chi connectivity index (χ1) is 13.6. The maximum atomic E-state index is 13.3. The average Bonchev–Trinajstić information content (AvgIpc) is 3.12. The molecule has 0 atom stereocenters. The van der Waals surface area contributed by atoms with Gasteiger partial charge >= 0.3 is 0 Å². The van der Waals surface area contributed by atoms with Crippen LogP contribution in [0.15, 0.2) is 36.4 Å². The van der Waals surface area contributed by atoms with Crippen LogP contribution in [-0.2, 0) is 19.6 Å². The molecular formula is C19H17Cl2FN4O2S. The van der Waals surface area contributed by atoms with Gasteiger partial charge in [0.2, 0.25) is 5.13 Å². The Hall–Kier alpha value is -2.26. The van der Waals surface area contributed by atoms with Gasteiger partial charge in [0.05, 0.1) is 0 Å². The SMILES string of the molecule is Cl.O=C(Nc1nnc(COc2cc(F)cc(Cl)c2)s1)c1ccc2c(c1)CCNC2. The van der Waals surface area contributed by atoms with E-state index in [1.165, 1.54) is 40.7 Å². The van der Waals surface area contributed by atoms with E-state index in [2.05, 4.69) is 20.8 Å². The van der Waals surface area contributed by atoms with Crippen LogP contribution in [0.4, 0.5) is 9.52 Å². The summed E-state index contributed by atoms with van der Waals surface area (Å²) in [5.41, 5.74) is 2.99. The summed E-state index contributed by atoms with van der Waals surface area (Å²) >= 11 is 7.00. The van der Waals surface area contributed by atoms with Crippen molar-refractivity contribution in [1.29, 1.82) is 0 Å². The van der Waals surface area contributed by atoms with E-state index in [9.17, 15) is 9.18 Å². The quantitative estimate of drug-likeness (QED) is 0.603. The Morgan fingerprint density at radius 2 is 2.10 bits per heavy atom. The lowest BCUT2D eigenvalue weighted by atomic mass is 9.98. The molecule has 152 valence electrons. The minimum absolute atomic E-state index is 0. The van der Waals surface area contributed by atoms with Gasteiger partial charge in [0, 0.05) is 23.2 Å². The molecule has 0 saturated heterocycles. The normalized spacial score (nSPS) is 12.6. The molecule has 2 aromatic carbocycles. The fourth-order valence-electron chi connectivity index (χ4n) is 2.91. The predicted molar refractivity (Wildman–Crippen MR) is 113 cm³/mol. The van der Waals surface area contributed by atoms with Crippen molar-refractivity contribution in [2.75, 3.05) is 11.9 Å². The molecule has 2 heterocycles. The van der Waals surface area contributed by atoms with Crippen molar-refractivity contribution in [1.82, 2.24) is 15.5 Å². The summed E-state index contributed by atoms with van der Waals surface area (Å²) in [5.74, 6) is -0.412. The molecule has 0 radical (unpaired) electrons. The average molecular weight is 455 g/mol. The fourth-order valence-corrected chi connectivity index (χ4v) is 3.77. The highest BCUT2D eigenvalue weighted by atomic mass is 35.5. The lowest BCUT2D eigenvalue weighted by Gasteiger charge is -2.17. The van der Waals surface area contributed by atoms with Gasteiger partial charge in [0.25, 0.3) is 5.91 Å². The van der Waals surface area contributed by atoms with E-state index in [-0.39, 0.29) is 29.9 Å². The number of halogens is 3. The van der Waals surface area contributed by atoms with Crippen LogP contribution in [0.5, 0.6) is 5.75 Å². The molecule has 10 heteroatoms. The summed E-state index contributed by atoms with van der Waals surface area (Å²) in [6.45, 7) is 1.83. The Morgan fingerprint density at radius 1 is 1.24 bits per heavy atom. The number of carbonyl (C=O) groups excluding carboxylic acids is 1. The number of carbonyl (C=O) groups is 1. The standard InChI is InChI=1S/C19H16ClFN4O2S.ClH/c20-14-6-15(21)8-16(7-14)27-10-17-24-25-19(28-17)23-18(26)12-1-2-13-9-22-4-3-11(13)5-12;/h1-2,5-8,22H,3-4,9-10H2,(H,23,25,26);1H. The summed E-state index contributed by atoms with van der Waals surface area (Å²) in [6, 6.07) is 9.65. The molecule has 0 spiro atoms. The van der Waals surface area contributed by atoms with Crippen LogP contribution < -0.4 is 15.4 Å². The van der Waals surface area contributed by atoms with Gasteiger partial charge in [0.1, 0.15) is 18.2 Å². The Labute approximate surface area is 181 Å². The van der Waals surface area contributed by atoms with Gasteiger partial charge in [-0.05, 0) is 48.4 Å². The molecule has 29 heavy (non-hydrogen) atoms. The molecule has 1 aliphatic heterocycles. The maximum Gasteiger partial charge on any atom is 0.257 e. The van der Waals surface area contributed by atoms with Crippen molar-refractivity contribution in [3.05, 3.63) is 68.9 Å². The van der Waals surface area contributed by atoms with Crippen LogP contribution in [0.2, 0.25) is 5.02 Å². The Kier molecular flexibility index (Phi) is 7.02. The molecule has 3 aromatic rings. The first kappa shape index (κ1) is 21.4. The van der Waals surface area contributed by atoms with E-state index in [0.717, 1.165) is 19.5 Å². The Balaban J connectivity index is 0.00000240. The minimum Gasteiger partial charge on any atom is -0.486 e. The number of fused-ring (bicyclic) bond motifs is 1. The van der Waals surface area contributed by atoms with Crippen LogP contribution >= 0.6 is 35.3 Å². The van der Waals surface area contributed by atoms with Crippen LogP contribution in [0.3, 0.4) is 0 Å². The molecule has 1 aromatic heterocycles. The molecule has 0 aliphatic carbocycles. The lowest BCUT2D eigenvalue weighted by molar-refractivity contribution is 0.102. The Morgan fingerprint density at radius 3 is 2.93 bits per heavy atom. The number of hydrogen-bond acceptors (Lipinski definition) is 6. The predicted octanol–water partition coefficient (Wildman–Crippen LogP) is 4.23. The third-order valence-electron chi connectivity index (χ3n) is 4.24. The van der Waals surface area contributed by atoms with Crippen molar-refractivity contribution in [3.8, 4) is 5.75 Å². The van der Waals surface area contributed by atoms with Crippen molar-refractivity contribution in [2.24, 2.45) is 0 Å². The summed E-state index contributed by atoms with van der Waals surface area (Å²) in [7, 11) is 0. The number of anilines is 1. The fraction of sp³-hybridized carbons (Fsp3) is 0.211. The molecule has 0 bridgehead atoms. The second-order valence-corrected chi connectivity index (χ2v) is 7.76. The summed E-state index contributed by atoms with van der Waals surface area (Å²) in [6.07, 6.45) is 0.904. The first-order valence-corrected chi connectivity index (χ1v) is 9.81. The van der Waals surface area contributed by atoms with Gasteiger partial charge in [-0.25, -0.2) is 4.39 Å². The zero-order valence-electron chi connectivity index (χ0n) is 15.1. The van der Waals surface area contributed by atoms with Crippen LogP contribution in [0.1, 0.15) is 26.5 Å². The number of rotatable bonds is 5. The number of ether oxygens (including phenoxy) is 1. The Bertz CT molecular complexity index is 1010. The maximum absolute atomic E-state index is 13.3. The van der Waals surface area contributed by atoms with E-state index >= 15 is 0 Å². The number of hydrogen-bond donors (Lipinski definition) is 2. The number of amides is 1. The smallest absolute Gasteiger partial charge is 0.257 e. The summed E-state index contributed by atoms with van der Waals surface area (Å²) < 4.78 is 18.8. The number of benzene rings is 2. The van der Waals surface area contributed by atoms with E-state index < -0.39 is 5.82 Å². The van der Waals surface area contributed by atoms with Crippen LogP contribution in [-0.4, -0.2) is 22.6 Å². The van der Waals surface area contributed by atoms with Crippen molar-refractivity contribution < 1.29 is 13.9 Å². The second-order valence-electron chi connectivity index (χ2n) is 6.26. The molecule has 4 rings (SSSR count). The second kappa shape index (κ2) is 9.49. The highest BCUT2D eigenvalue weighted by molar-refractivity contribution is 7.15. The number of nitrogens with zero attached hydrogens (tertiary/aromatic N) is 2. The van der Waals surface area contributed by atoms with Crippen LogP contribution in [0, 0.1) is 5.82 Å². The summed E-state index contributed by atoms with van der Waals surface area (Å²) in [5, 5.41) is 15.2. The topological polar surface area (TPSA) is 76.1 Å². The third kappa shape index (κ3) is 5.42. The van der Waals surface area contributed by atoms with E-state index in [1.54, 1.807) is 6.07 Å². The number of nitrogens with one attached hydrogen (secondary N) is 2. The van der Waals surface area contributed by atoms with Gasteiger partial charge in [-0.1, -0.05) is 29.0 Å². The molecule has 6 nitrogen and oxygen atoms in total. The van der Waals surface area contributed by atoms with E-state index in [0.29, 0.717) is 21.5 Å². The van der Waals surface area contributed by atoms with Gasteiger partial charge in [-0.15, -0.1) is 22.6 Å². The molecule has 0 unspecified atom stereocenters. The largest absolute Gasteiger partial charge is 0.486 e. The zero-order valence-corrected chi connectivity index (χ0v) is 17.5. The van der Waals surface area contributed by atoms with E-state index in [4.69, 9.17) is 16.3 Å². The third-order valence-corrected chi connectivity index (χ3v) is 5.27. The van der Waals surface area contributed by atoms with Crippen molar-refractivity contribution in [3.63, 3.8) is 0 Å². The van der Waals surface area contributed by atoms with Gasteiger partial charge < -0.3 is 10.1 Å². The highest BCUT2D eigenvalue weighted by Gasteiger charge is 2.14. The highest BCUT2D eigenvalue weighted by Crippen LogP contribution is 2.23. The van der Waals surface area contributed by atoms with Crippen molar-refractivity contribution >= 4 is 46.4 Å². The first-order valence-electron chi connectivity index (χ1n) is 8.62. The zero-order chi connectivity index (χ0) is 19.5. The minimum atomic E-state index is -0.478.